The summed E-state index contributed by atoms with van der Waals surface area (Å²) in [6, 6.07) is 0.157. The van der Waals surface area contributed by atoms with E-state index in [9.17, 15) is 4.79 Å². The third-order valence-corrected chi connectivity index (χ3v) is 2.84. The van der Waals surface area contributed by atoms with Crippen LogP contribution in [0.3, 0.4) is 0 Å². The zero-order chi connectivity index (χ0) is 13.0. The van der Waals surface area contributed by atoms with E-state index in [2.05, 4.69) is 10.4 Å². The monoisotopic (exact) mass is 238 g/mol. The number of carbonyl (C=O) groups excluding carboxylic acids is 1. The van der Waals surface area contributed by atoms with Crippen LogP contribution >= 0.6 is 0 Å². The molecular formula is C12H22N4O. The van der Waals surface area contributed by atoms with E-state index in [0.29, 0.717) is 6.42 Å². The lowest BCUT2D eigenvalue weighted by atomic mass is 10.1. The number of amides is 1. The first-order valence-electron chi connectivity index (χ1n) is 5.97. The molecule has 1 heterocycles. The Morgan fingerprint density at radius 1 is 1.53 bits per heavy atom. The molecule has 1 aromatic heterocycles. The number of aryl methyl sites for hydroxylation is 2. The Kier molecular flexibility index (Phi) is 4.69. The summed E-state index contributed by atoms with van der Waals surface area (Å²) < 4.78 is 1.77. The molecule has 0 saturated heterocycles. The molecule has 0 saturated carbocycles. The first-order valence-corrected chi connectivity index (χ1v) is 5.97. The lowest BCUT2D eigenvalue weighted by molar-refractivity contribution is -0.116. The Morgan fingerprint density at radius 2 is 2.18 bits per heavy atom. The normalized spacial score (nSPS) is 12.5. The van der Waals surface area contributed by atoms with Gasteiger partial charge in [-0.15, -0.1) is 0 Å². The average Bonchev–Trinajstić information content (AvgIpc) is 2.44. The molecule has 1 atom stereocenters. The Bertz CT molecular complexity index is 395. The van der Waals surface area contributed by atoms with Gasteiger partial charge in [0.1, 0.15) is 0 Å². The van der Waals surface area contributed by atoms with Gasteiger partial charge in [0, 0.05) is 19.5 Å². The highest BCUT2D eigenvalue weighted by atomic mass is 16.1. The number of rotatable bonds is 5. The molecule has 17 heavy (non-hydrogen) atoms. The number of hydrogen-bond donors (Lipinski definition) is 2. The fraction of sp³-hybridized carbons (Fsp3) is 0.667. The maximum Gasteiger partial charge on any atom is 0.224 e. The molecule has 1 aromatic rings. The number of carbonyl (C=O) groups is 1. The lowest BCUT2D eigenvalue weighted by Gasteiger charge is -2.07. The minimum atomic E-state index is 0.0323. The van der Waals surface area contributed by atoms with Crippen LogP contribution in [0.15, 0.2) is 0 Å². The van der Waals surface area contributed by atoms with Crippen molar-refractivity contribution in [3.8, 4) is 0 Å². The Hall–Kier alpha value is -1.36. The molecule has 0 aliphatic rings. The predicted octanol–water partition coefficient (Wildman–Crippen LogP) is 1.49. The average molecular weight is 238 g/mol. The van der Waals surface area contributed by atoms with Gasteiger partial charge in [-0.25, -0.2) is 0 Å². The largest absolute Gasteiger partial charge is 0.328 e. The summed E-state index contributed by atoms with van der Waals surface area (Å²) in [5, 5.41) is 7.16. The molecule has 0 aromatic carbocycles. The van der Waals surface area contributed by atoms with Crippen molar-refractivity contribution in [2.24, 2.45) is 12.8 Å². The van der Waals surface area contributed by atoms with E-state index in [1.165, 1.54) is 0 Å². The van der Waals surface area contributed by atoms with Gasteiger partial charge >= 0.3 is 0 Å². The molecule has 96 valence electrons. The van der Waals surface area contributed by atoms with Crippen LogP contribution in [0.4, 0.5) is 5.69 Å². The van der Waals surface area contributed by atoms with Crippen LogP contribution in [-0.2, 0) is 11.8 Å². The molecular weight excluding hydrogens is 216 g/mol. The van der Waals surface area contributed by atoms with Crippen LogP contribution in [-0.4, -0.2) is 21.7 Å². The third-order valence-electron chi connectivity index (χ3n) is 2.84. The number of aromatic nitrogens is 2. The van der Waals surface area contributed by atoms with Gasteiger partial charge in [0.25, 0.3) is 0 Å². The van der Waals surface area contributed by atoms with Crippen LogP contribution in [0.1, 0.15) is 37.6 Å². The van der Waals surface area contributed by atoms with Crippen molar-refractivity contribution in [3.05, 3.63) is 11.4 Å². The first-order chi connectivity index (χ1) is 7.91. The third kappa shape index (κ3) is 3.85. The molecule has 0 spiro atoms. The van der Waals surface area contributed by atoms with Gasteiger partial charge in [-0.05, 0) is 33.6 Å². The maximum absolute atomic E-state index is 11.7. The molecule has 1 unspecified atom stereocenters. The number of nitrogens with zero attached hydrogens (tertiary/aromatic N) is 2. The summed E-state index contributed by atoms with van der Waals surface area (Å²) in [6.45, 7) is 5.79. The maximum atomic E-state index is 11.7. The molecule has 5 heteroatoms. The van der Waals surface area contributed by atoms with Gasteiger partial charge in [-0.3, -0.25) is 9.48 Å². The van der Waals surface area contributed by atoms with E-state index in [0.717, 1.165) is 29.9 Å². The summed E-state index contributed by atoms with van der Waals surface area (Å²) in [4.78, 5) is 11.7. The zero-order valence-corrected chi connectivity index (χ0v) is 11.1. The van der Waals surface area contributed by atoms with Crippen molar-refractivity contribution < 1.29 is 4.79 Å². The summed E-state index contributed by atoms with van der Waals surface area (Å²) in [7, 11) is 1.87. The molecule has 0 aliphatic carbocycles. The summed E-state index contributed by atoms with van der Waals surface area (Å²) in [5.74, 6) is 0.0323. The van der Waals surface area contributed by atoms with Crippen LogP contribution < -0.4 is 11.1 Å². The van der Waals surface area contributed by atoms with E-state index in [-0.39, 0.29) is 11.9 Å². The Labute approximate surface area is 102 Å². The Morgan fingerprint density at radius 3 is 2.65 bits per heavy atom. The van der Waals surface area contributed by atoms with E-state index in [1.54, 1.807) is 4.68 Å². The smallest absolute Gasteiger partial charge is 0.224 e. The molecule has 1 rings (SSSR count). The van der Waals surface area contributed by atoms with Crippen molar-refractivity contribution in [1.82, 2.24) is 9.78 Å². The zero-order valence-electron chi connectivity index (χ0n) is 11.1. The number of anilines is 1. The van der Waals surface area contributed by atoms with Crippen LogP contribution in [0, 0.1) is 13.8 Å². The first kappa shape index (κ1) is 13.7. The second-order valence-electron chi connectivity index (χ2n) is 4.59. The van der Waals surface area contributed by atoms with E-state index in [4.69, 9.17) is 5.73 Å². The minimum Gasteiger partial charge on any atom is -0.328 e. The summed E-state index contributed by atoms with van der Waals surface area (Å²) >= 11 is 0. The number of nitrogens with two attached hydrogens (primary N) is 1. The van der Waals surface area contributed by atoms with Gasteiger partial charge in [0.2, 0.25) is 5.91 Å². The molecule has 0 bridgehead atoms. The SMILES string of the molecule is Cc1nn(C)c(C)c1NC(=O)CCCC(C)N. The van der Waals surface area contributed by atoms with Gasteiger partial charge in [-0.1, -0.05) is 0 Å². The van der Waals surface area contributed by atoms with Crippen molar-refractivity contribution in [2.45, 2.75) is 46.1 Å². The number of hydrogen-bond acceptors (Lipinski definition) is 3. The van der Waals surface area contributed by atoms with Crippen molar-refractivity contribution in [2.75, 3.05) is 5.32 Å². The molecule has 0 radical (unpaired) electrons. The highest BCUT2D eigenvalue weighted by molar-refractivity contribution is 5.91. The quantitative estimate of drug-likeness (QED) is 0.816. The summed E-state index contributed by atoms with van der Waals surface area (Å²) in [5.41, 5.74) is 8.30. The second kappa shape index (κ2) is 5.82. The van der Waals surface area contributed by atoms with Gasteiger partial charge in [0.15, 0.2) is 0 Å². The fourth-order valence-electron chi connectivity index (χ4n) is 1.74. The molecule has 3 N–H and O–H groups in total. The standard InChI is InChI=1S/C12H22N4O/c1-8(13)6-5-7-11(17)14-12-9(2)15-16(4)10(12)3/h8H,5-7,13H2,1-4H3,(H,14,17). The van der Waals surface area contributed by atoms with Crippen LogP contribution in [0.2, 0.25) is 0 Å². The molecule has 1 amide bonds. The van der Waals surface area contributed by atoms with Crippen molar-refractivity contribution in [3.63, 3.8) is 0 Å². The van der Waals surface area contributed by atoms with Crippen molar-refractivity contribution >= 4 is 11.6 Å². The van der Waals surface area contributed by atoms with E-state index >= 15 is 0 Å². The predicted molar refractivity (Wildman–Crippen MR) is 68.8 cm³/mol. The van der Waals surface area contributed by atoms with E-state index < -0.39 is 0 Å². The fourth-order valence-corrected chi connectivity index (χ4v) is 1.74. The molecule has 0 fully saturated rings. The second-order valence-corrected chi connectivity index (χ2v) is 4.59. The molecule has 0 aliphatic heterocycles. The summed E-state index contributed by atoms with van der Waals surface area (Å²) in [6.07, 6.45) is 2.20. The highest BCUT2D eigenvalue weighted by Gasteiger charge is 2.12. The highest BCUT2D eigenvalue weighted by Crippen LogP contribution is 2.18. The molecule has 5 nitrogen and oxygen atoms in total. The minimum absolute atomic E-state index is 0.0323. The Balaban J connectivity index is 2.51. The van der Waals surface area contributed by atoms with E-state index in [1.807, 2.05) is 27.8 Å². The van der Waals surface area contributed by atoms with Crippen LogP contribution in [0.25, 0.3) is 0 Å². The van der Waals surface area contributed by atoms with Gasteiger partial charge in [-0.2, -0.15) is 5.10 Å². The van der Waals surface area contributed by atoms with Crippen LogP contribution in [0.5, 0.6) is 0 Å². The van der Waals surface area contributed by atoms with Crippen molar-refractivity contribution in [1.29, 1.82) is 0 Å². The number of nitrogens with one attached hydrogen (secondary N) is 1. The van der Waals surface area contributed by atoms with Gasteiger partial charge in [0.05, 0.1) is 17.1 Å². The topological polar surface area (TPSA) is 72.9 Å². The lowest BCUT2D eigenvalue weighted by Crippen LogP contribution is -2.17. The van der Waals surface area contributed by atoms with Gasteiger partial charge < -0.3 is 11.1 Å².